The van der Waals surface area contributed by atoms with Gasteiger partial charge < -0.3 is 9.47 Å². The SMILES string of the molecule is O=C(Cn1cnc2ccc(-c3ccc(F)cc3)nc21)N1CCCC1. The summed E-state index contributed by atoms with van der Waals surface area (Å²) >= 11 is 0. The van der Waals surface area contributed by atoms with Crippen LogP contribution in [0.15, 0.2) is 42.7 Å². The lowest BCUT2D eigenvalue weighted by Crippen LogP contribution is -2.30. The van der Waals surface area contributed by atoms with Gasteiger partial charge in [-0.15, -0.1) is 0 Å². The topological polar surface area (TPSA) is 51.0 Å². The number of nitrogens with zero attached hydrogens (tertiary/aromatic N) is 4. The largest absolute Gasteiger partial charge is 0.341 e. The second kappa shape index (κ2) is 6.03. The van der Waals surface area contributed by atoms with Crippen molar-refractivity contribution in [2.75, 3.05) is 13.1 Å². The number of hydrogen-bond donors (Lipinski definition) is 0. The van der Waals surface area contributed by atoms with Crippen molar-refractivity contribution >= 4 is 17.1 Å². The maximum Gasteiger partial charge on any atom is 0.242 e. The predicted octanol–water partition coefficient (Wildman–Crippen LogP) is 2.86. The molecule has 4 rings (SSSR count). The molecule has 1 fully saturated rings. The number of carbonyl (C=O) groups excluding carboxylic acids is 1. The van der Waals surface area contributed by atoms with Crippen molar-refractivity contribution in [2.24, 2.45) is 0 Å². The highest BCUT2D eigenvalue weighted by molar-refractivity contribution is 5.80. The van der Waals surface area contributed by atoms with Crippen LogP contribution in [0.3, 0.4) is 0 Å². The highest BCUT2D eigenvalue weighted by Crippen LogP contribution is 2.21. The fourth-order valence-corrected chi connectivity index (χ4v) is 3.05. The molecule has 0 N–H and O–H groups in total. The third kappa shape index (κ3) is 2.75. The number of aromatic nitrogens is 3. The predicted molar refractivity (Wildman–Crippen MR) is 88.7 cm³/mol. The Bertz CT molecular complexity index is 882. The molecule has 122 valence electrons. The fraction of sp³-hybridized carbons (Fsp3) is 0.278. The van der Waals surface area contributed by atoms with Gasteiger partial charge >= 0.3 is 0 Å². The number of halogens is 1. The maximum absolute atomic E-state index is 13.1. The number of hydrogen-bond acceptors (Lipinski definition) is 3. The molecule has 0 atom stereocenters. The lowest BCUT2D eigenvalue weighted by molar-refractivity contribution is -0.130. The first-order valence-electron chi connectivity index (χ1n) is 8.06. The minimum atomic E-state index is -0.277. The van der Waals surface area contributed by atoms with Gasteiger partial charge in [-0.2, -0.15) is 0 Å². The summed E-state index contributed by atoms with van der Waals surface area (Å²) in [6, 6.07) is 9.94. The lowest BCUT2D eigenvalue weighted by Gasteiger charge is -2.15. The highest BCUT2D eigenvalue weighted by Gasteiger charge is 2.19. The number of fused-ring (bicyclic) bond motifs is 1. The summed E-state index contributed by atoms with van der Waals surface area (Å²) in [7, 11) is 0. The summed E-state index contributed by atoms with van der Waals surface area (Å²) in [6.45, 7) is 1.91. The quantitative estimate of drug-likeness (QED) is 0.744. The molecule has 3 aromatic rings. The Balaban J connectivity index is 1.65. The van der Waals surface area contributed by atoms with Crippen LogP contribution in [0.4, 0.5) is 4.39 Å². The Hall–Kier alpha value is -2.76. The minimum Gasteiger partial charge on any atom is -0.341 e. The monoisotopic (exact) mass is 324 g/mol. The molecule has 1 aliphatic rings. The van der Waals surface area contributed by atoms with E-state index in [1.165, 1.54) is 12.1 Å². The molecule has 0 bridgehead atoms. The Kier molecular flexibility index (Phi) is 3.72. The molecule has 1 amide bonds. The van der Waals surface area contributed by atoms with E-state index < -0.39 is 0 Å². The first-order valence-corrected chi connectivity index (χ1v) is 8.06. The van der Waals surface area contributed by atoms with Gasteiger partial charge in [0, 0.05) is 18.7 Å². The molecule has 5 nitrogen and oxygen atoms in total. The van der Waals surface area contributed by atoms with E-state index in [-0.39, 0.29) is 18.3 Å². The Morgan fingerprint density at radius 1 is 1.08 bits per heavy atom. The van der Waals surface area contributed by atoms with Crippen molar-refractivity contribution in [3.05, 3.63) is 48.5 Å². The molecule has 24 heavy (non-hydrogen) atoms. The molecule has 0 saturated carbocycles. The van der Waals surface area contributed by atoms with E-state index in [1.807, 2.05) is 17.0 Å². The van der Waals surface area contributed by atoms with Gasteiger partial charge in [0.2, 0.25) is 5.91 Å². The van der Waals surface area contributed by atoms with E-state index in [9.17, 15) is 9.18 Å². The molecule has 0 unspecified atom stereocenters. The van der Waals surface area contributed by atoms with Crippen LogP contribution in [0.2, 0.25) is 0 Å². The van der Waals surface area contributed by atoms with Crippen molar-refractivity contribution in [1.82, 2.24) is 19.4 Å². The number of imidazole rings is 1. The molecule has 1 saturated heterocycles. The van der Waals surface area contributed by atoms with Crippen LogP contribution in [0.25, 0.3) is 22.4 Å². The third-order valence-corrected chi connectivity index (χ3v) is 4.37. The van der Waals surface area contributed by atoms with Gasteiger partial charge in [0.05, 0.1) is 12.0 Å². The van der Waals surface area contributed by atoms with Crippen molar-refractivity contribution in [3.63, 3.8) is 0 Å². The summed E-state index contributed by atoms with van der Waals surface area (Å²) in [6.07, 6.45) is 3.80. The van der Waals surface area contributed by atoms with Crippen LogP contribution in [-0.2, 0) is 11.3 Å². The zero-order valence-corrected chi connectivity index (χ0v) is 13.2. The molecule has 1 aromatic carbocycles. The summed E-state index contributed by atoms with van der Waals surface area (Å²) in [5.41, 5.74) is 2.98. The smallest absolute Gasteiger partial charge is 0.242 e. The zero-order valence-electron chi connectivity index (χ0n) is 13.2. The maximum atomic E-state index is 13.1. The van der Waals surface area contributed by atoms with Crippen molar-refractivity contribution in [3.8, 4) is 11.3 Å². The van der Waals surface area contributed by atoms with Gasteiger partial charge in [-0.1, -0.05) is 0 Å². The van der Waals surface area contributed by atoms with Gasteiger partial charge in [-0.05, 0) is 49.2 Å². The number of pyridine rings is 1. The van der Waals surface area contributed by atoms with Crippen LogP contribution in [-0.4, -0.2) is 38.4 Å². The van der Waals surface area contributed by atoms with Gasteiger partial charge in [0.15, 0.2) is 5.65 Å². The molecular formula is C18H17FN4O. The average molecular weight is 324 g/mol. The summed E-state index contributed by atoms with van der Waals surface area (Å²) in [4.78, 5) is 23.2. The van der Waals surface area contributed by atoms with E-state index in [0.29, 0.717) is 5.65 Å². The van der Waals surface area contributed by atoms with Crippen molar-refractivity contribution in [1.29, 1.82) is 0 Å². The summed E-state index contributed by atoms with van der Waals surface area (Å²) < 4.78 is 14.9. The molecule has 0 spiro atoms. The zero-order chi connectivity index (χ0) is 16.5. The minimum absolute atomic E-state index is 0.0979. The van der Waals surface area contributed by atoms with Crippen LogP contribution in [0.1, 0.15) is 12.8 Å². The van der Waals surface area contributed by atoms with Gasteiger partial charge in [-0.3, -0.25) is 4.79 Å². The second-order valence-electron chi connectivity index (χ2n) is 6.01. The molecule has 0 aliphatic carbocycles. The van der Waals surface area contributed by atoms with Crippen LogP contribution >= 0.6 is 0 Å². The molecular weight excluding hydrogens is 307 g/mol. The van der Waals surface area contributed by atoms with Crippen LogP contribution in [0.5, 0.6) is 0 Å². The Morgan fingerprint density at radius 2 is 1.83 bits per heavy atom. The summed E-state index contributed by atoms with van der Waals surface area (Å²) in [5.74, 6) is -0.179. The number of carbonyl (C=O) groups is 1. The van der Waals surface area contributed by atoms with Crippen molar-refractivity contribution in [2.45, 2.75) is 19.4 Å². The first kappa shape index (κ1) is 14.8. The summed E-state index contributed by atoms with van der Waals surface area (Å²) in [5, 5.41) is 0. The molecule has 0 radical (unpaired) electrons. The number of benzene rings is 1. The average Bonchev–Trinajstić information content (AvgIpc) is 3.25. The molecule has 2 aromatic heterocycles. The van der Waals surface area contributed by atoms with Crippen LogP contribution in [0, 0.1) is 5.82 Å². The number of likely N-dealkylation sites (tertiary alicyclic amines) is 1. The van der Waals surface area contributed by atoms with Gasteiger partial charge in [0.1, 0.15) is 17.9 Å². The van der Waals surface area contributed by atoms with E-state index >= 15 is 0 Å². The van der Waals surface area contributed by atoms with Gasteiger partial charge in [0.25, 0.3) is 0 Å². The van der Waals surface area contributed by atoms with Crippen molar-refractivity contribution < 1.29 is 9.18 Å². The van der Waals surface area contributed by atoms with Crippen LogP contribution < -0.4 is 0 Å². The first-order chi connectivity index (χ1) is 11.7. The third-order valence-electron chi connectivity index (χ3n) is 4.37. The standard InChI is InChI=1S/C18H17FN4O/c19-14-5-3-13(4-6-14)15-7-8-16-18(21-15)23(12-20-16)11-17(24)22-9-1-2-10-22/h3-8,12H,1-2,9-11H2. The normalized spacial score (nSPS) is 14.5. The van der Waals surface area contributed by atoms with E-state index in [4.69, 9.17) is 0 Å². The van der Waals surface area contributed by atoms with E-state index in [1.54, 1.807) is 23.0 Å². The molecule has 3 heterocycles. The number of rotatable bonds is 3. The fourth-order valence-electron chi connectivity index (χ4n) is 3.05. The lowest BCUT2D eigenvalue weighted by atomic mass is 10.1. The molecule has 1 aliphatic heterocycles. The van der Waals surface area contributed by atoms with E-state index in [0.717, 1.165) is 42.7 Å². The second-order valence-corrected chi connectivity index (χ2v) is 6.01. The number of amides is 1. The Morgan fingerprint density at radius 3 is 2.58 bits per heavy atom. The van der Waals surface area contributed by atoms with E-state index in [2.05, 4.69) is 9.97 Å². The Labute approximate surface area is 138 Å². The molecule has 6 heteroatoms. The van der Waals surface area contributed by atoms with Gasteiger partial charge in [-0.25, -0.2) is 14.4 Å². The highest BCUT2D eigenvalue weighted by atomic mass is 19.1.